The van der Waals surface area contributed by atoms with Crippen molar-refractivity contribution in [2.24, 2.45) is 5.10 Å². The van der Waals surface area contributed by atoms with E-state index in [0.29, 0.717) is 5.75 Å². The minimum atomic E-state index is -0.327. The molecule has 0 atom stereocenters. The lowest BCUT2D eigenvalue weighted by Crippen LogP contribution is -2.24. The van der Waals surface area contributed by atoms with Gasteiger partial charge in [-0.05, 0) is 40.4 Å². The highest BCUT2D eigenvalue weighted by Gasteiger charge is 2.05. The number of fused-ring (bicyclic) bond motifs is 2. The number of carbonyl (C=O) groups excluding carboxylic acids is 1. The summed E-state index contributed by atoms with van der Waals surface area (Å²) in [6, 6.07) is 25.4. The maximum absolute atomic E-state index is 12.1. The summed E-state index contributed by atoms with van der Waals surface area (Å²) in [6.07, 6.45) is 1.62. The highest BCUT2D eigenvalue weighted by molar-refractivity contribution is 6.02. The zero-order chi connectivity index (χ0) is 20.1. The molecule has 0 aliphatic rings. The second-order valence-electron chi connectivity index (χ2n) is 6.49. The average Bonchev–Trinajstić information content (AvgIpc) is 2.77. The zero-order valence-corrected chi connectivity index (χ0v) is 16.0. The molecule has 5 heteroatoms. The predicted molar refractivity (Wildman–Crippen MR) is 116 cm³/mol. The van der Waals surface area contributed by atoms with Crippen molar-refractivity contribution in [2.75, 3.05) is 13.7 Å². The van der Waals surface area contributed by atoms with Gasteiger partial charge in [0.2, 0.25) is 0 Å². The Morgan fingerprint density at radius 2 is 1.69 bits per heavy atom. The Labute approximate surface area is 168 Å². The Morgan fingerprint density at radius 1 is 0.931 bits per heavy atom. The molecular weight excluding hydrogens is 364 g/mol. The number of rotatable bonds is 6. The molecule has 4 rings (SSSR count). The molecule has 0 aliphatic heterocycles. The fraction of sp³-hybridized carbons (Fsp3) is 0.0833. The lowest BCUT2D eigenvalue weighted by molar-refractivity contribution is -0.123. The van der Waals surface area contributed by atoms with Gasteiger partial charge in [0.05, 0.1) is 13.3 Å². The van der Waals surface area contributed by atoms with Crippen molar-refractivity contribution < 1.29 is 14.3 Å². The maximum atomic E-state index is 12.1. The van der Waals surface area contributed by atoms with Crippen molar-refractivity contribution >= 4 is 33.7 Å². The summed E-state index contributed by atoms with van der Waals surface area (Å²) in [5.41, 5.74) is 3.39. The zero-order valence-electron chi connectivity index (χ0n) is 16.0. The first-order valence-corrected chi connectivity index (χ1v) is 9.24. The highest BCUT2D eigenvalue weighted by atomic mass is 16.5. The van der Waals surface area contributed by atoms with Crippen molar-refractivity contribution in [2.45, 2.75) is 0 Å². The van der Waals surface area contributed by atoms with Crippen LogP contribution in [0, 0.1) is 0 Å². The van der Waals surface area contributed by atoms with Crippen molar-refractivity contribution in [1.82, 2.24) is 5.43 Å². The van der Waals surface area contributed by atoms with Gasteiger partial charge in [0.15, 0.2) is 6.61 Å². The smallest absolute Gasteiger partial charge is 0.277 e. The molecule has 0 heterocycles. The van der Waals surface area contributed by atoms with Crippen LogP contribution >= 0.6 is 0 Å². The van der Waals surface area contributed by atoms with E-state index in [1.807, 2.05) is 78.9 Å². The van der Waals surface area contributed by atoms with Gasteiger partial charge in [0.1, 0.15) is 11.5 Å². The quantitative estimate of drug-likeness (QED) is 0.392. The third kappa shape index (κ3) is 4.19. The minimum Gasteiger partial charge on any atom is -0.496 e. The average molecular weight is 384 g/mol. The Morgan fingerprint density at radius 3 is 2.52 bits per heavy atom. The number of hydrogen-bond donors (Lipinski definition) is 1. The van der Waals surface area contributed by atoms with Gasteiger partial charge in [-0.1, -0.05) is 54.6 Å². The summed E-state index contributed by atoms with van der Waals surface area (Å²) < 4.78 is 11.0. The van der Waals surface area contributed by atoms with Gasteiger partial charge in [0, 0.05) is 10.9 Å². The summed E-state index contributed by atoms with van der Waals surface area (Å²) in [7, 11) is 1.64. The maximum Gasteiger partial charge on any atom is 0.277 e. The Hall–Kier alpha value is -3.86. The van der Waals surface area contributed by atoms with Crippen molar-refractivity contribution in [3.8, 4) is 11.5 Å². The molecule has 4 aromatic carbocycles. The predicted octanol–water partition coefficient (Wildman–Crippen LogP) is 4.53. The SMILES string of the molecule is COc1ccc(/C=N/NC(=O)COc2ccc3ccccc3c2)c2ccccc12. The molecule has 0 bridgehead atoms. The molecule has 0 radical (unpaired) electrons. The van der Waals surface area contributed by atoms with Crippen LogP contribution in [0.25, 0.3) is 21.5 Å². The number of nitrogens with one attached hydrogen (secondary N) is 1. The third-order valence-electron chi connectivity index (χ3n) is 4.62. The molecule has 0 aromatic heterocycles. The van der Waals surface area contributed by atoms with Crippen molar-refractivity contribution in [3.63, 3.8) is 0 Å². The van der Waals surface area contributed by atoms with E-state index in [0.717, 1.165) is 32.9 Å². The molecule has 5 nitrogen and oxygen atoms in total. The van der Waals surface area contributed by atoms with Gasteiger partial charge in [-0.3, -0.25) is 4.79 Å². The Balaban J connectivity index is 1.39. The van der Waals surface area contributed by atoms with Crippen LogP contribution in [0.4, 0.5) is 0 Å². The minimum absolute atomic E-state index is 0.112. The number of carbonyl (C=O) groups is 1. The van der Waals surface area contributed by atoms with Crippen LogP contribution < -0.4 is 14.9 Å². The van der Waals surface area contributed by atoms with Gasteiger partial charge >= 0.3 is 0 Å². The monoisotopic (exact) mass is 384 g/mol. The van der Waals surface area contributed by atoms with E-state index >= 15 is 0 Å². The first-order valence-electron chi connectivity index (χ1n) is 9.24. The van der Waals surface area contributed by atoms with Crippen molar-refractivity contribution in [1.29, 1.82) is 0 Å². The van der Waals surface area contributed by atoms with E-state index in [9.17, 15) is 4.79 Å². The van der Waals surface area contributed by atoms with Crippen LogP contribution in [-0.2, 0) is 4.79 Å². The molecule has 29 heavy (non-hydrogen) atoms. The van der Waals surface area contributed by atoms with Crippen LogP contribution in [0.3, 0.4) is 0 Å². The van der Waals surface area contributed by atoms with E-state index in [-0.39, 0.29) is 12.5 Å². The molecule has 1 N–H and O–H groups in total. The summed E-state index contributed by atoms with van der Waals surface area (Å²) >= 11 is 0. The van der Waals surface area contributed by atoms with E-state index in [1.54, 1.807) is 13.3 Å². The largest absolute Gasteiger partial charge is 0.496 e. The first kappa shape index (κ1) is 18.5. The number of nitrogens with zero attached hydrogens (tertiary/aromatic N) is 1. The molecule has 0 fully saturated rings. The molecule has 0 spiro atoms. The van der Waals surface area contributed by atoms with E-state index < -0.39 is 0 Å². The van der Waals surface area contributed by atoms with Crippen molar-refractivity contribution in [3.05, 3.63) is 84.4 Å². The van der Waals surface area contributed by atoms with Crippen LogP contribution in [0.2, 0.25) is 0 Å². The number of benzene rings is 4. The van der Waals surface area contributed by atoms with Gasteiger partial charge < -0.3 is 9.47 Å². The summed E-state index contributed by atoms with van der Waals surface area (Å²) in [6.45, 7) is -0.112. The van der Waals surface area contributed by atoms with Gasteiger partial charge in [-0.15, -0.1) is 0 Å². The van der Waals surface area contributed by atoms with E-state index in [2.05, 4.69) is 10.5 Å². The molecule has 1 amide bonds. The van der Waals surface area contributed by atoms with Gasteiger partial charge in [-0.2, -0.15) is 5.10 Å². The lowest BCUT2D eigenvalue weighted by Gasteiger charge is -2.08. The fourth-order valence-electron chi connectivity index (χ4n) is 3.20. The molecule has 0 unspecified atom stereocenters. The first-order chi connectivity index (χ1) is 14.2. The van der Waals surface area contributed by atoms with Crippen LogP contribution in [0.15, 0.2) is 84.0 Å². The van der Waals surface area contributed by atoms with Gasteiger partial charge in [0.25, 0.3) is 5.91 Å². The van der Waals surface area contributed by atoms with Crippen LogP contribution in [-0.4, -0.2) is 25.8 Å². The standard InChI is InChI=1S/C24H20N2O3/c1-28-23-13-11-19(21-8-4-5-9-22(21)23)15-25-26-24(27)16-29-20-12-10-17-6-2-3-7-18(17)14-20/h2-15H,16H2,1H3,(H,26,27)/b25-15+. The number of ether oxygens (including phenoxy) is 2. The third-order valence-corrected chi connectivity index (χ3v) is 4.62. The topological polar surface area (TPSA) is 59.9 Å². The summed E-state index contributed by atoms with van der Waals surface area (Å²) in [4.78, 5) is 12.1. The van der Waals surface area contributed by atoms with Crippen LogP contribution in [0.5, 0.6) is 11.5 Å². The Bertz CT molecular complexity index is 1200. The molecule has 4 aromatic rings. The molecular formula is C24H20N2O3. The highest BCUT2D eigenvalue weighted by Crippen LogP contribution is 2.27. The summed E-state index contributed by atoms with van der Waals surface area (Å²) in [5, 5.41) is 8.24. The van der Waals surface area contributed by atoms with Gasteiger partial charge in [-0.25, -0.2) is 5.43 Å². The summed E-state index contributed by atoms with van der Waals surface area (Å²) in [5.74, 6) is 1.11. The van der Waals surface area contributed by atoms with E-state index in [4.69, 9.17) is 9.47 Å². The number of methoxy groups -OCH3 is 1. The lowest BCUT2D eigenvalue weighted by atomic mass is 10.0. The number of amides is 1. The van der Waals surface area contributed by atoms with E-state index in [1.165, 1.54) is 0 Å². The number of hydrazone groups is 1. The molecule has 0 saturated heterocycles. The fourth-order valence-corrected chi connectivity index (χ4v) is 3.20. The molecule has 0 saturated carbocycles. The molecule has 144 valence electrons. The molecule has 0 aliphatic carbocycles. The second kappa shape index (κ2) is 8.44. The van der Waals surface area contributed by atoms with Crippen LogP contribution in [0.1, 0.15) is 5.56 Å². The number of hydrogen-bond acceptors (Lipinski definition) is 4. The second-order valence-corrected chi connectivity index (χ2v) is 6.49. The normalized spacial score (nSPS) is 11.1. The Kier molecular flexibility index (Phi) is 5.38.